The molecule has 102 valence electrons. The number of benzene rings is 2. The number of hydrogen-bond acceptors (Lipinski definition) is 2. The van der Waals surface area contributed by atoms with Crippen LogP contribution in [0, 0.1) is 31.0 Å². The Kier molecular flexibility index (Phi) is 4.26. The molecule has 2 nitrogen and oxygen atoms in total. The maximum absolute atomic E-state index is 13.9. The zero-order valence-electron chi connectivity index (χ0n) is 11.2. The van der Waals surface area contributed by atoms with Gasteiger partial charge in [0.05, 0.1) is 11.6 Å². The quantitative estimate of drug-likeness (QED) is 0.757. The molecule has 0 aliphatic heterocycles. The molecule has 0 spiro atoms. The summed E-state index contributed by atoms with van der Waals surface area (Å²) in [6.07, 6.45) is 0. The highest BCUT2D eigenvalue weighted by atomic mass is 35.5. The van der Waals surface area contributed by atoms with Gasteiger partial charge >= 0.3 is 0 Å². The predicted octanol–water partition coefficient (Wildman–Crippen LogP) is 4.85. The third-order valence-electron chi connectivity index (χ3n) is 2.95. The summed E-state index contributed by atoms with van der Waals surface area (Å²) in [5.74, 6) is 0.522. The third kappa shape index (κ3) is 2.92. The average Bonchev–Trinajstić information content (AvgIpc) is 2.43. The number of hydrogen-bond donors (Lipinski definition) is 0. The summed E-state index contributed by atoms with van der Waals surface area (Å²) in [6.45, 7) is 3.66. The van der Waals surface area contributed by atoms with Crippen molar-refractivity contribution in [1.29, 1.82) is 5.26 Å². The van der Waals surface area contributed by atoms with E-state index >= 15 is 0 Å². The van der Waals surface area contributed by atoms with Gasteiger partial charge in [0.15, 0.2) is 11.6 Å². The molecule has 0 saturated heterocycles. The van der Waals surface area contributed by atoms with Crippen molar-refractivity contribution < 1.29 is 9.13 Å². The fourth-order valence-electron chi connectivity index (χ4n) is 2.00. The van der Waals surface area contributed by atoms with E-state index in [-0.39, 0.29) is 11.6 Å². The molecule has 0 saturated carbocycles. The Hall–Kier alpha value is -2.05. The summed E-state index contributed by atoms with van der Waals surface area (Å²) in [4.78, 5) is 0. The van der Waals surface area contributed by atoms with Gasteiger partial charge in [0, 0.05) is 5.88 Å². The number of ether oxygens (including phenoxy) is 1. The van der Waals surface area contributed by atoms with E-state index in [1.54, 1.807) is 24.3 Å². The van der Waals surface area contributed by atoms with E-state index in [0.29, 0.717) is 16.9 Å². The van der Waals surface area contributed by atoms with Gasteiger partial charge in [-0.2, -0.15) is 5.26 Å². The smallest absolute Gasteiger partial charge is 0.166 e. The first-order chi connectivity index (χ1) is 9.55. The maximum Gasteiger partial charge on any atom is 0.166 e. The second kappa shape index (κ2) is 5.94. The average molecular weight is 290 g/mol. The summed E-state index contributed by atoms with van der Waals surface area (Å²) < 4.78 is 19.5. The molecular formula is C16H13ClFNO. The van der Waals surface area contributed by atoms with Crippen LogP contribution in [0.2, 0.25) is 0 Å². The van der Waals surface area contributed by atoms with Crippen molar-refractivity contribution in [3.8, 4) is 17.6 Å². The van der Waals surface area contributed by atoms with Gasteiger partial charge in [-0.25, -0.2) is 4.39 Å². The molecule has 0 radical (unpaired) electrons. The fraction of sp³-hybridized carbons (Fsp3) is 0.188. The van der Waals surface area contributed by atoms with E-state index in [9.17, 15) is 4.39 Å². The minimum absolute atomic E-state index is 0.148. The van der Waals surface area contributed by atoms with E-state index in [1.165, 1.54) is 6.07 Å². The maximum atomic E-state index is 13.9. The molecule has 2 rings (SSSR count). The van der Waals surface area contributed by atoms with Gasteiger partial charge in [0.25, 0.3) is 0 Å². The van der Waals surface area contributed by atoms with Crippen LogP contribution >= 0.6 is 11.6 Å². The molecule has 0 heterocycles. The van der Waals surface area contributed by atoms with Gasteiger partial charge in [0.1, 0.15) is 5.75 Å². The van der Waals surface area contributed by atoms with Gasteiger partial charge in [-0.05, 0) is 54.8 Å². The number of nitrogens with zero attached hydrogens (tertiary/aromatic N) is 1. The van der Waals surface area contributed by atoms with Crippen molar-refractivity contribution in [1.82, 2.24) is 0 Å². The van der Waals surface area contributed by atoms with Gasteiger partial charge < -0.3 is 4.74 Å². The molecule has 2 aromatic carbocycles. The first-order valence-corrected chi connectivity index (χ1v) is 6.62. The normalized spacial score (nSPS) is 10.2. The Labute approximate surface area is 122 Å². The van der Waals surface area contributed by atoms with Crippen molar-refractivity contribution in [2.24, 2.45) is 0 Å². The van der Waals surface area contributed by atoms with Crippen LogP contribution in [0.1, 0.15) is 22.3 Å². The minimum atomic E-state index is -0.452. The zero-order chi connectivity index (χ0) is 14.7. The highest BCUT2D eigenvalue weighted by Gasteiger charge is 2.11. The highest BCUT2D eigenvalue weighted by Crippen LogP contribution is 2.31. The van der Waals surface area contributed by atoms with Crippen LogP contribution in [0.4, 0.5) is 4.39 Å². The molecule has 0 unspecified atom stereocenters. The van der Waals surface area contributed by atoms with E-state index in [2.05, 4.69) is 6.07 Å². The topological polar surface area (TPSA) is 33.0 Å². The van der Waals surface area contributed by atoms with Crippen molar-refractivity contribution in [3.05, 3.63) is 58.4 Å². The Morgan fingerprint density at radius 2 is 1.85 bits per heavy atom. The van der Waals surface area contributed by atoms with Gasteiger partial charge in [-0.1, -0.05) is 6.07 Å². The Balaban J connectivity index is 2.38. The minimum Gasteiger partial charge on any atom is -0.454 e. The standard InChI is InChI=1S/C16H13ClFNO/c1-10-5-13(9-19)6-11(2)16(10)20-15-4-3-12(8-17)7-14(15)18/h3-7H,8H2,1-2H3. The van der Waals surface area contributed by atoms with Gasteiger partial charge in [0.2, 0.25) is 0 Å². The van der Waals surface area contributed by atoms with Crippen molar-refractivity contribution in [2.75, 3.05) is 0 Å². The fourth-order valence-corrected chi connectivity index (χ4v) is 2.16. The number of halogens is 2. The number of nitriles is 1. The van der Waals surface area contributed by atoms with E-state index in [0.717, 1.165) is 11.1 Å². The predicted molar refractivity (Wildman–Crippen MR) is 76.7 cm³/mol. The molecule has 2 aromatic rings. The van der Waals surface area contributed by atoms with E-state index in [1.807, 2.05) is 13.8 Å². The van der Waals surface area contributed by atoms with Crippen molar-refractivity contribution >= 4 is 11.6 Å². The lowest BCUT2D eigenvalue weighted by molar-refractivity contribution is 0.436. The highest BCUT2D eigenvalue weighted by molar-refractivity contribution is 6.17. The second-order valence-corrected chi connectivity index (χ2v) is 4.82. The van der Waals surface area contributed by atoms with Gasteiger partial charge in [-0.15, -0.1) is 11.6 Å². The first-order valence-electron chi connectivity index (χ1n) is 6.08. The summed E-state index contributed by atoms with van der Waals surface area (Å²) in [5.41, 5.74) is 2.85. The number of alkyl halides is 1. The Bertz CT molecular complexity index is 668. The van der Waals surface area contributed by atoms with Crippen LogP contribution in [0.5, 0.6) is 11.5 Å². The summed E-state index contributed by atoms with van der Waals surface area (Å²) in [6, 6.07) is 10.2. The molecule has 0 N–H and O–H groups in total. The molecule has 0 aromatic heterocycles. The van der Waals surface area contributed by atoms with Crippen LogP contribution in [0.15, 0.2) is 30.3 Å². The second-order valence-electron chi connectivity index (χ2n) is 4.55. The summed E-state index contributed by atoms with van der Waals surface area (Å²) >= 11 is 5.66. The SMILES string of the molecule is Cc1cc(C#N)cc(C)c1Oc1ccc(CCl)cc1F. The molecule has 0 aliphatic carbocycles. The zero-order valence-corrected chi connectivity index (χ0v) is 12.0. The molecule has 20 heavy (non-hydrogen) atoms. The lowest BCUT2D eigenvalue weighted by atomic mass is 10.1. The van der Waals surface area contributed by atoms with Crippen LogP contribution in [-0.2, 0) is 5.88 Å². The number of aryl methyl sites for hydroxylation is 2. The van der Waals surface area contributed by atoms with E-state index < -0.39 is 5.82 Å². The molecule has 0 amide bonds. The van der Waals surface area contributed by atoms with E-state index in [4.69, 9.17) is 21.6 Å². The van der Waals surface area contributed by atoms with Crippen LogP contribution in [-0.4, -0.2) is 0 Å². The number of rotatable bonds is 3. The Morgan fingerprint density at radius 3 is 2.35 bits per heavy atom. The van der Waals surface area contributed by atoms with Crippen LogP contribution in [0.25, 0.3) is 0 Å². The van der Waals surface area contributed by atoms with Crippen LogP contribution in [0.3, 0.4) is 0 Å². The lowest BCUT2D eigenvalue weighted by Gasteiger charge is -2.13. The molecule has 0 bridgehead atoms. The lowest BCUT2D eigenvalue weighted by Crippen LogP contribution is -1.95. The van der Waals surface area contributed by atoms with Gasteiger partial charge in [-0.3, -0.25) is 0 Å². The molecule has 4 heteroatoms. The van der Waals surface area contributed by atoms with Crippen LogP contribution < -0.4 is 4.74 Å². The summed E-state index contributed by atoms with van der Waals surface area (Å²) in [5, 5.41) is 8.91. The molecule has 0 fully saturated rings. The molecule has 0 aliphatic rings. The third-order valence-corrected chi connectivity index (χ3v) is 3.26. The van der Waals surface area contributed by atoms with Crippen molar-refractivity contribution in [3.63, 3.8) is 0 Å². The molecule has 0 atom stereocenters. The summed E-state index contributed by atoms with van der Waals surface area (Å²) in [7, 11) is 0. The largest absolute Gasteiger partial charge is 0.454 e. The monoisotopic (exact) mass is 289 g/mol. The molecular weight excluding hydrogens is 277 g/mol. The first kappa shape index (κ1) is 14.4. The Morgan fingerprint density at radius 1 is 1.20 bits per heavy atom. The van der Waals surface area contributed by atoms with Crippen molar-refractivity contribution in [2.45, 2.75) is 19.7 Å².